The molecule has 1 amide bonds. The average molecular weight is 375 g/mol. The van der Waals surface area contributed by atoms with E-state index in [0.717, 1.165) is 38.5 Å². The average Bonchev–Trinajstić information content (AvgIpc) is 2.65. The van der Waals surface area contributed by atoms with Gasteiger partial charge in [0.1, 0.15) is 5.75 Å². The van der Waals surface area contributed by atoms with Crippen molar-refractivity contribution in [3.63, 3.8) is 0 Å². The minimum Gasteiger partial charge on any atom is -0.493 e. The molecule has 1 saturated heterocycles. The minimum atomic E-state index is -0.211. The molecule has 0 radical (unpaired) electrons. The highest BCUT2D eigenvalue weighted by Gasteiger charge is 2.20. The van der Waals surface area contributed by atoms with Crippen LogP contribution in [0, 0.1) is 17.2 Å². The molecule has 1 aliphatic heterocycles. The van der Waals surface area contributed by atoms with Crippen molar-refractivity contribution < 1.29 is 9.53 Å². The summed E-state index contributed by atoms with van der Waals surface area (Å²) in [5, 5.41) is 11.9. The van der Waals surface area contributed by atoms with Gasteiger partial charge in [-0.1, -0.05) is 13.8 Å². The van der Waals surface area contributed by atoms with Gasteiger partial charge in [-0.25, -0.2) is 0 Å². The first-order valence-corrected chi connectivity index (χ1v) is 9.33. The van der Waals surface area contributed by atoms with Gasteiger partial charge < -0.3 is 9.64 Å². The summed E-state index contributed by atoms with van der Waals surface area (Å²) in [6, 6.07) is 9.25. The zero-order chi connectivity index (χ0) is 18.9. The molecule has 0 atom stereocenters. The number of thiocarbonyl (C=S) groups is 1. The van der Waals surface area contributed by atoms with E-state index in [-0.39, 0.29) is 5.91 Å². The second-order valence-corrected chi connectivity index (χ2v) is 7.11. The van der Waals surface area contributed by atoms with Gasteiger partial charge in [-0.3, -0.25) is 15.0 Å². The standard InChI is InChI=1S/C19H26N4O2S/c1-15(2)14-25-17-6-4-16(5-7-17)18(24)21-19(26)23-12-10-22(11-13-23)9-3-8-20/h4-7,15H,3,9-14H2,1-2H3,(H,21,24,26). The third-order valence-electron chi connectivity index (χ3n) is 4.12. The molecule has 0 unspecified atom stereocenters. The summed E-state index contributed by atoms with van der Waals surface area (Å²) in [5.74, 6) is 0.999. The Morgan fingerprint density at radius 1 is 1.27 bits per heavy atom. The van der Waals surface area contributed by atoms with Gasteiger partial charge in [0.2, 0.25) is 0 Å². The number of ether oxygens (including phenoxy) is 1. The Labute approximate surface area is 160 Å². The maximum absolute atomic E-state index is 12.4. The number of carbonyl (C=O) groups is 1. The van der Waals surface area contributed by atoms with Gasteiger partial charge in [0.15, 0.2) is 5.11 Å². The van der Waals surface area contributed by atoms with Crippen molar-refractivity contribution in [3.8, 4) is 11.8 Å². The molecule has 2 rings (SSSR count). The fourth-order valence-electron chi connectivity index (χ4n) is 2.60. The number of amides is 1. The zero-order valence-corrected chi connectivity index (χ0v) is 16.2. The lowest BCUT2D eigenvalue weighted by atomic mass is 10.2. The van der Waals surface area contributed by atoms with Gasteiger partial charge in [0.05, 0.1) is 12.7 Å². The molecule has 1 aromatic carbocycles. The van der Waals surface area contributed by atoms with Crippen LogP contribution in [0.4, 0.5) is 0 Å². The van der Waals surface area contributed by atoms with Crippen molar-refractivity contribution in [2.45, 2.75) is 20.3 Å². The quantitative estimate of drug-likeness (QED) is 0.771. The Bertz CT molecular complexity index is 646. The first-order valence-electron chi connectivity index (χ1n) is 8.92. The molecule has 7 heteroatoms. The summed E-state index contributed by atoms with van der Waals surface area (Å²) in [6.07, 6.45) is 0.540. The smallest absolute Gasteiger partial charge is 0.257 e. The molecule has 0 aliphatic carbocycles. The van der Waals surface area contributed by atoms with Crippen molar-refractivity contribution in [2.75, 3.05) is 39.3 Å². The van der Waals surface area contributed by atoms with Crippen molar-refractivity contribution in [3.05, 3.63) is 29.8 Å². The number of nitriles is 1. The van der Waals surface area contributed by atoms with Crippen molar-refractivity contribution in [2.24, 2.45) is 5.92 Å². The molecule has 0 aromatic heterocycles. The van der Waals surface area contributed by atoms with Crippen LogP contribution < -0.4 is 10.1 Å². The summed E-state index contributed by atoms with van der Waals surface area (Å²) in [4.78, 5) is 16.6. The van der Waals surface area contributed by atoms with E-state index in [1.54, 1.807) is 24.3 Å². The number of carbonyl (C=O) groups excluding carboxylic acids is 1. The summed E-state index contributed by atoms with van der Waals surface area (Å²) >= 11 is 5.37. The normalized spacial score (nSPS) is 14.8. The van der Waals surface area contributed by atoms with Crippen molar-refractivity contribution >= 4 is 23.2 Å². The number of hydrogen-bond donors (Lipinski definition) is 1. The van der Waals surface area contributed by atoms with E-state index in [0.29, 0.717) is 29.6 Å². The van der Waals surface area contributed by atoms with Gasteiger partial charge >= 0.3 is 0 Å². The van der Waals surface area contributed by atoms with E-state index in [1.165, 1.54) is 0 Å². The summed E-state index contributed by atoms with van der Waals surface area (Å²) in [5.41, 5.74) is 0.553. The second-order valence-electron chi connectivity index (χ2n) is 6.73. The molecule has 1 fully saturated rings. The molecule has 1 aromatic rings. The fourth-order valence-corrected chi connectivity index (χ4v) is 2.87. The van der Waals surface area contributed by atoms with Crippen LogP contribution in [0.1, 0.15) is 30.6 Å². The molecule has 0 bridgehead atoms. The Balaban J connectivity index is 1.80. The number of benzene rings is 1. The third-order valence-corrected chi connectivity index (χ3v) is 4.48. The monoisotopic (exact) mass is 374 g/mol. The van der Waals surface area contributed by atoms with Gasteiger partial charge in [-0.15, -0.1) is 0 Å². The van der Waals surface area contributed by atoms with E-state index in [9.17, 15) is 4.79 Å². The molecule has 1 aliphatic rings. The summed E-state index contributed by atoms with van der Waals surface area (Å²) < 4.78 is 5.63. The SMILES string of the molecule is CC(C)COc1ccc(C(=O)NC(=S)N2CCN(CCC#N)CC2)cc1. The van der Waals surface area contributed by atoms with E-state index < -0.39 is 0 Å². The van der Waals surface area contributed by atoms with Crippen LogP contribution in [0.15, 0.2) is 24.3 Å². The van der Waals surface area contributed by atoms with Gasteiger partial charge in [0, 0.05) is 44.7 Å². The maximum Gasteiger partial charge on any atom is 0.257 e. The Morgan fingerprint density at radius 2 is 1.92 bits per heavy atom. The molecule has 1 N–H and O–H groups in total. The van der Waals surface area contributed by atoms with E-state index >= 15 is 0 Å². The van der Waals surface area contributed by atoms with Gasteiger partial charge in [-0.2, -0.15) is 5.26 Å². The van der Waals surface area contributed by atoms with E-state index in [2.05, 4.69) is 30.1 Å². The molecule has 1 heterocycles. The summed E-state index contributed by atoms with van der Waals surface area (Å²) in [6.45, 7) is 8.82. The highest BCUT2D eigenvalue weighted by Crippen LogP contribution is 2.13. The minimum absolute atomic E-state index is 0.211. The predicted octanol–water partition coefficient (Wildman–Crippen LogP) is 2.27. The molecule has 0 saturated carbocycles. The van der Waals surface area contributed by atoms with Crippen LogP contribution in [0.2, 0.25) is 0 Å². The Hall–Kier alpha value is -2.17. The molecule has 26 heavy (non-hydrogen) atoms. The van der Waals surface area contributed by atoms with Crippen LogP contribution >= 0.6 is 12.2 Å². The number of hydrogen-bond acceptors (Lipinski definition) is 5. The summed E-state index contributed by atoms with van der Waals surface area (Å²) in [7, 11) is 0. The maximum atomic E-state index is 12.4. The lowest BCUT2D eigenvalue weighted by molar-refractivity contribution is 0.0969. The number of rotatable bonds is 6. The number of nitrogens with zero attached hydrogens (tertiary/aromatic N) is 3. The lowest BCUT2D eigenvalue weighted by Crippen LogP contribution is -2.52. The highest BCUT2D eigenvalue weighted by atomic mass is 32.1. The molecular weight excluding hydrogens is 348 g/mol. The van der Waals surface area contributed by atoms with Crippen LogP contribution in [0.5, 0.6) is 5.75 Å². The van der Waals surface area contributed by atoms with Crippen LogP contribution in [-0.4, -0.2) is 60.2 Å². The lowest BCUT2D eigenvalue weighted by Gasteiger charge is -2.35. The first-order chi connectivity index (χ1) is 12.5. The fraction of sp³-hybridized carbons (Fsp3) is 0.526. The zero-order valence-electron chi connectivity index (χ0n) is 15.4. The molecule has 140 valence electrons. The molecule has 6 nitrogen and oxygen atoms in total. The van der Waals surface area contributed by atoms with Crippen LogP contribution in [0.25, 0.3) is 0 Å². The Kier molecular flexibility index (Phi) is 7.82. The van der Waals surface area contributed by atoms with Crippen LogP contribution in [0.3, 0.4) is 0 Å². The van der Waals surface area contributed by atoms with Crippen molar-refractivity contribution in [1.29, 1.82) is 5.26 Å². The van der Waals surface area contributed by atoms with Crippen LogP contribution in [-0.2, 0) is 0 Å². The molecular formula is C19H26N4O2S. The van der Waals surface area contributed by atoms with Crippen molar-refractivity contribution in [1.82, 2.24) is 15.1 Å². The van der Waals surface area contributed by atoms with Gasteiger partial charge in [-0.05, 0) is 42.4 Å². The van der Waals surface area contributed by atoms with E-state index in [1.807, 2.05) is 4.90 Å². The number of piperazine rings is 1. The third kappa shape index (κ3) is 6.28. The topological polar surface area (TPSA) is 68.6 Å². The van der Waals surface area contributed by atoms with E-state index in [4.69, 9.17) is 22.2 Å². The highest BCUT2D eigenvalue weighted by molar-refractivity contribution is 7.80. The van der Waals surface area contributed by atoms with Gasteiger partial charge in [0.25, 0.3) is 5.91 Å². The number of nitrogens with one attached hydrogen (secondary N) is 1. The molecule has 0 spiro atoms. The predicted molar refractivity (Wildman–Crippen MR) is 105 cm³/mol. The Morgan fingerprint density at radius 3 is 2.50 bits per heavy atom. The first kappa shape index (κ1) is 20.1. The second kappa shape index (κ2) is 10.1. The largest absolute Gasteiger partial charge is 0.493 e.